The molecular formula is C12H17N5O2. The van der Waals surface area contributed by atoms with Crippen molar-refractivity contribution in [2.75, 3.05) is 13.1 Å². The molecule has 3 heterocycles. The lowest BCUT2D eigenvalue weighted by molar-refractivity contribution is -0.0419. The van der Waals surface area contributed by atoms with Crippen molar-refractivity contribution in [1.29, 1.82) is 0 Å². The van der Waals surface area contributed by atoms with E-state index in [1.54, 1.807) is 6.20 Å². The molecule has 2 N–H and O–H groups in total. The Balaban J connectivity index is 1.71. The molecule has 1 aliphatic rings. The van der Waals surface area contributed by atoms with E-state index in [0.717, 1.165) is 24.4 Å². The summed E-state index contributed by atoms with van der Waals surface area (Å²) in [5, 5.41) is 25.0. The average Bonchev–Trinajstić information content (AvgIpc) is 3.01. The van der Waals surface area contributed by atoms with E-state index in [1.165, 1.54) is 0 Å². The molecule has 0 spiro atoms. The fraction of sp³-hybridized carbons (Fsp3) is 0.583. The molecule has 2 aromatic heterocycles. The molecule has 1 aliphatic heterocycles. The van der Waals surface area contributed by atoms with Crippen molar-refractivity contribution >= 4 is 0 Å². The van der Waals surface area contributed by atoms with Crippen LogP contribution in [0, 0.1) is 6.92 Å². The summed E-state index contributed by atoms with van der Waals surface area (Å²) in [6, 6.07) is 1.92. The topological polar surface area (TPSA) is 91.1 Å². The second-order valence-electron chi connectivity index (χ2n) is 5.13. The van der Waals surface area contributed by atoms with Crippen molar-refractivity contribution in [1.82, 2.24) is 25.5 Å². The van der Waals surface area contributed by atoms with Gasteiger partial charge in [0, 0.05) is 19.2 Å². The van der Waals surface area contributed by atoms with Gasteiger partial charge in [-0.15, -0.1) is 0 Å². The van der Waals surface area contributed by atoms with E-state index in [2.05, 4.69) is 25.5 Å². The largest absolute Gasteiger partial charge is 0.382 e. The molecule has 1 atom stereocenters. The van der Waals surface area contributed by atoms with Crippen LogP contribution in [-0.4, -0.2) is 43.7 Å². The summed E-state index contributed by atoms with van der Waals surface area (Å²) in [5.41, 5.74) is 0.569. The van der Waals surface area contributed by atoms with Gasteiger partial charge in [-0.3, -0.25) is 4.90 Å². The van der Waals surface area contributed by atoms with Crippen molar-refractivity contribution in [2.45, 2.75) is 31.9 Å². The molecule has 1 unspecified atom stereocenters. The molecule has 7 heteroatoms. The summed E-state index contributed by atoms with van der Waals surface area (Å²) in [6.45, 7) is 4.02. The molecule has 0 saturated carbocycles. The van der Waals surface area contributed by atoms with Gasteiger partial charge in [0.1, 0.15) is 17.1 Å². The number of aromatic nitrogens is 4. The van der Waals surface area contributed by atoms with Crippen LogP contribution in [0.1, 0.15) is 30.0 Å². The highest BCUT2D eigenvalue weighted by Crippen LogP contribution is 2.30. The Morgan fingerprint density at radius 3 is 3.16 bits per heavy atom. The van der Waals surface area contributed by atoms with Crippen LogP contribution in [0.3, 0.4) is 0 Å². The van der Waals surface area contributed by atoms with Crippen molar-refractivity contribution in [3.05, 3.63) is 29.4 Å². The third kappa shape index (κ3) is 2.52. The fourth-order valence-electron chi connectivity index (χ4n) is 2.61. The van der Waals surface area contributed by atoms with Crippen LogP contribution in [0.2, 0.25) is 0 Å². The van der Waals surface area contributed by atoms with Gasteiger partial charge in [-0.05, 0) is 26.3 Å². The Labute approximate surface area is 110 Å². The third-order valence-corrected chi connectivity index (χ3v) is 3.50. The second-order valence-corrected chi connectivity index (χ2v) is 5.13. The first-order chi connectivity index (χ1) is 9.16. The highest BCUT2D eigenvalue weighted by molar-refractivity contribution is 5.10. The second kappa shape index (κ2) is 4.75. The molecule has 0 aliphatic carbocycles. The van der Waals surface area contributed by atoms with Gasteiger partial charge in [-0.2, -0.15) is 15.4 Å². The highest BCUT2D eigenvalue weighted by Gasteiger charge is 2.37. The lowest BCUT2D eigenvalue weighted by Gasteiger charge is -2.37. The zero-order chi connectivity index (χ0) is 13.3. The van der Waals surface area contributed by atoms with E-state index in [1.807, 2.05) is 13.0 Å². The first kappa shape index (κ1) is 12.3. The van der Waals surface area contributed by atoms with Crippen molar-refractivity contribution in [3.63, 3.8) is 0 Å². The van der Waals surface area contributed by atoms with E-state index in [9.17, 15) is 5.11 Å². The molecule has 0 amide bonds. The van der Waals surface area contributed by atoms with Gasteiger partial charge in [0.05, 0.1) is 11.9 Å². The summed E-state index contributed by atoms with van der Waals surface area (Å²) in [4.78, 5) is 2.16. The minimum atomic E-state index is -0.927. The van der Waals surface area contributed by atoms with Crippen molar-refractivity contribution < 1.29 is 9.63 Å². The van der Waals surface area contributed by atoms with Crippen LogP contribution in [0.15, 0.2) is 16.8 Å². The lowest BCUT2D eigenvalue weighted by Crippen LogP contribution is -2.45. The Morgan fingerprint density at radius 1 is 1.58 bits per heavy atom. The van der Waals surface area contributed by atoms with E-state index >= 15 is 0 Å². The van der Waals surface area contributed by atoms with Gasteiger partial charge < -0.3 is 9.63 Å². The number of H-pyrrole nitrogens is 1. The zero-order valence-electron chi connectivity index (χ0n) is 10.8. The van der Waals surface area contributed by atoms with E-state index in [4.69, 9.17) is 4.52 Å². The van der Waals surface area contributed by atoms with Crippen LogP contribution in [0.5, 0.6) is 0 Å². The normalized spacial score (nSPS) is 24.7. The molecule has 2 aromatic rings. The zero-order valence-corrected chi connectivity index (χ0v) is 10.8. The Bertz CT molecular complexity index is 538. The fourth-order valence-corrected chi connectivity index (χ4v) is 2.61. The van der Waals surface area contributed by atoms with E-state index < -0.39 is 5.60 Å². The van der Waals surface area contributed by atoms with Gasteiger partial charge in [0.15, 0.2) is 0 Å². The number of nitrogens with one attached hydrogen (secondary N) is 1. The van der Waals surface area contributed by atoms with Crippen LogP contribution < -0.4 is 0 Å². The maximum atomic E-state index is 10.7. The summed E-state index contributed by atoms with van der Waals surface area (Å²) in [6.07, 6.45) is 3.21. The monoisotopic (exact) mass is 263 g/mol. The third-order valence-electron chi connectivity index (χ3n) is 3.50. The summed E-state index contributed by atoms with van der Waals surface area (Å²) in [7, 11) is 0. The predicted octanol–water partition coefficient (Wildman–Crippen LogP) is 0.585. The quantitative estimate of drug-likeness (QED) is 0.842. The summed E-state index contributed by atoms with van der Waals surface area (Å²) < 4.78 is 5.06. The molecule has 3 rings (SSSR count). The van der Waals surface area contributed by atoms with Gasteiger partial charge in [-0.1, -0.05) is 5.16 Å². The molecule has 7 nitrogen and oxygen atoms in total. The summed E-state index contributed by atoms with van der Waals surface area (Å²) >= 11 is 0. The molecule has 19 heavy (non-hydrogen) atoms. The van der Waals surface area contributed by atoms with Gasteiger partial charge in [0.2, 0.25) is 0 Å². The molecule has 102 valence electrons. The van der Waals surface area contributed by atoms with Crippen molar-refractivity contribution in [2.24, 2.45) is 0 Å². The molecule has 1 fully saturated rings. The van der Waals surface area contributed by atoms with E-state index in [0.29, 0.717) is 25.2 Å². The number of hydrogen-bond donors (Lipinski definition) is 2. The van der Waals surface area contributed by atoms with Crippen LogP contribution in [0.25, 0.3) is 0 Å². The van der Waals surface area contributed by atoms with Gasteiger partial charge >= 0.3 is 0 Å². The van der Waals surface area contributed by atoms with Crippen LogP contribution >= 0.6 is 0 Å². The molecule has 1 saturated heterocycles. The number of aliphatic hydroxyl groups is 1. The number of aromatic amines is 1. The van der Waals surface area contributed by atoms with Crippen LogP contribution in [0.4, 0.5) is 0 Å². The predicted molar refractivity (Wildman–Crippen MR) is 66.0 cm³/mol. The molecule has 0 radical (unpaired) electrons. The maximum absolute atomic E-state index is 10.7. The highest BCUT2D eigenvalue weighted by atomic mass is 16.5. The molecular weight excluding hydrogens is 246 g/mol. The average molecular weight is 263 g/mol. The Kier molecular flexibility index (Phi) is 3.08. The number of hydrogen-bond acceptors (Lipinski definition) is 6. The minimum Gasteiger partial charge on any atom is -0.382 e. The minimum absolute atomic E-state index is 0.533. The van der Waals surface area contributed by atoms with Crippen LogP contribution in [-0.2, 0) is 12.1 Å². The first-order valence-corrected chi connectivity index (χ1v) is 6.39. The number of rotatable bonds is 3. The van der Waals surface area contributed by atoms with Gasteiger partial charge in [-0.25, -0.2) is 0 Å². The Morgan fingerprint density at radius 2 is 2.47 bits per heavy atom. The first-order valence-electron chi connectivity index (χ1n) is 6.39. The Hall–Kier alpha value is -1.73. The number of β-amino-alcohol motifs (C(OH)–C–C–N with tert-alkyl or cyclic N) is 1. The van der Waals surface area contributed by atoms with Crippen molar-refractivity contribution in [3.8, 4) is 0 Å². The smallest absolute Gasteiger partial charge is 0.133 e. The lowest BCUT2D eigenvalue weighted by atomic mass is 9.90. The standard InChI is InChI=1S/C12H17N5O2/c1-9-5-10(15-19-9)7-17-4-2-3-12(18,8-17)11-6-13-16-14-11/h5-6,18H,2-4,7-8H2,1H3,(H,13,14,16). The number of likely N-dealkylation sites (tertiary alicyclic amines) is 1. The molecule has 0 aromatic carbocycles. The number of nitrogens with zero attached hydrogens (tertiary/aromatic N) is 4. The SMILES string of the molecule is Cc1cc(CN2CCCC(O)(c3cn[nH]n3)C2)no1. The molecule has 0 bridgehead atoms. The van der Waals surface area contributed by atoms with Gasteiger partial charge in [0.25, 0.3) is 0 Å². The number of aryl methyl sites for hydroxylation is 1. The maximum Gasteiger partial charge on any atom is 0.133 e. The number of piperidine rings is 1. The summed E-state index contributed by atoms with van der Waals surface area (Å²) in [5.74, 6) is 0.804. The van der Waals surface area contributed by atoms with E-state index in [-0.39, 0.29) is 0 Å².